The van der Waals surface area contributed by atoms with Crippen molar-refractivity contribution in [1.82, 2.24) is 4.57 Å². The number of aromatic nitrogens is 1. The van der Waals surface area contributed by atoms with Gasteiger partial charge in [0.1, 0.15) is 5.58 Å². The van der Waals surface area contributed by atoms with Gasteiger partial charge in [0.05, 0.1) is 21.4 Å². The quantitative estimate of drug-likeness (QED) is 0.165. The summed E-state index contributed by atoms with van der Waals surface area (Å²) in [5.41, 5.74) is 20.1. The summed E-state index contributed by atoms with van der Waals surface area (Å²) >= 11 is 1.92. The molecule has 11 aromatic rings. The lowest BCUT2D eigenvalue weighted by atomic mass is 9.33. The molecule has 0 N–H and O–H groups in total. The van der Waals surface area contributed by atoms with E-state index in [0.29, 0.717) is 0 Å². The molecule has 0 fully saturated rings. The Hall–Kier alpha value is -7.02. The summed E-state index contributed by atoms with van der Waals surface area (Å²) in [6, 6.07) is 61.8. The van der Waals surface area contributed by atoms with Crippen LogP contribution in [0.25, 0.3) is 58.8 Å². The standard InChI is InChI=1S/C62H54BN3OS/c1-60(2,3)37-24-28-40(29-25-37)64(41-30-26-38(27-31-41)61(4,5)6)42-32-33-47-50(36-42)65(49-21-15-18-44-43-16-10-12-22-53(43)67-58(44)49)51-34-39(62(7,8)9)35-52-55(51)63(47)48-20-14-19-46-56(48)66(52)57-45-17-11-13-23-54(45)68-59(46)57/h10-36H,1-9H3. The van der Waals surface area contributed by atoms with Crippen molar-refractivity contribution < 1.29 is 4.42 Å². The van der Waals surface area contributed by atoms with Gasteiger partial charge >= 0.3 is 0 Å². The molecule has 332 valence electrons. The zero-order chi connectivity index (χ0) is 46.6. The Labute approximate surface area is 403 Å². The maximum atomic E-state index is 6.99. The number of para-hydroxylation sites is 3. The highest BCUT2D eigenvalue weighted by Gasteiger charge is 2.44. The Kier molecular flexibility index (Phi) is 8.64. The van der Waals surface area contributed by atoms with E-state index in [4.69, 9.17) is 4.42 Å². The lowest BCUT2D eigenvalue weighted by Gasteiger charge is -2.42. The first-order valence-electron chi connectivity index (χ1n) is 24.1. The van der Waals surface area contributed by atoms with Gasteiger partial charge in [0.2, 0.25) is 0 Å². The van der Waals surface area contributed by atoms with E-state index in [1.807, 2.05) is 11.3 Å². The summed E-state index contributed by atoms with van der Waals surface area (Å²) < 4.78 is 12.3. The molecule has 0 saturated heterocycles. The lowest BCUT2D eigenvalue weighted by molar-refractivity contribution is 0.590. The summed E-state index contributed by atoms with van der Waals surface area (Å²) in [4.78, 5) is 4.99. The Morgan fingerprint density at radius 3 is 1.74 bits per heavy atom. The predicted molar refractivity (Wildman–Crippen MR) is 294 cm³/mol. The van der Waals surface area contributed by atoms with E-state index in [0.717, 1.165) is 50.4 Å². The fourth-order valence-electron chi connectivity index (χ4n) is 11.3. The summed E-state index contributed by atoms with van der Waals surface area (Å²) in [5.74, 6) is 0. The van der Waals surface area contributed by atoms with Gasteiger partial charge < -0.3 is 18.8 Å². The maximum absolute atomic E-state index is 6.99. The minimum atomic E-state index is -0.144. The first-order chi connectivity index (χ1) is 32.6. The Balaban J connectivity index is 1.14. The minimum absolute atomic E-state index is 0.0127. The Bertz CT molecular complexity index is 3810. The van der Waals surface area contributed by atoms with Crippen LogP contribution in [0.3, 0.4) is 0 Å². The molecule has 3 aromatic heterocycles. The Morgan fingerprint density at radius 2 is 1.04 bits per heavy atom. The predicted octanol–water partition coefficient (Wildman–Crippen LogP) is 15.9. The summed E-state index contributed by atoms with van der Waals surface area (Å²) in [6.45, 7) is 20.8. The number of hydrogen-bond donors (Lipinski definition) is 0. The summed E-state index contributed by atoms with van der Waals surface area (Å²) in [7, 11) is 0. The zero-order valence-electron chi connectivity index (χ0n) is 40.3. The first kappa shape index (κ1) is 41.2. The number of fused-ring (bicyclic) bond motifs is 12. The van der Waals surface area contributed by atoms with Crippen LogP contribution in [0.2, 0.25) is 0 Å². The smallest absolute Gasteiger partial charge is 0.252 e. The van der Waals surface area contributed by atoms with E-state index < -0.39 is 0 Å². The Morgan fingerprint density at radius 1 is 0.456 bits per heavy atom. The molecular weight excluding hydrogens is 846 g/mol. The number of benzene rings is 8. The molecule has 0 atom stereocenters. The second-order valence-electron chi connectivity index (χ2n) is 22.2. The maximum Gasteiger partial charge on any atom is 0.252 e. The van der Waals surface area contributed by atoms with Gasteiger partial charge in [-0.3, -0.25) is 0 Å². The molecule has 0 amide bonds. The second kappa shape index (κ2) is 14.3. The van der Waals surface area contributed by atoms with Crippen molar-refractivity contribution in [3.8, 4) is 5.69 Å². The number of anilines is 6. The molecule has 2 aliphatic rings. The van der Waals surface area contributed by atoms with Gasteiger partial charge in [0.25, 0.3) is 6.71 Å². The molecule has 8 aromatic carbocycles. The van der Waals surface area contributed by atoms with Gasteiger partial charge in [-0.1, -0.05) is 159 Å². The van der Waals surface area contributed by atoms with Crippen molar-refractivity contribution in [1.29, 1.82) is 0 Å². The zero-order valence-corrected chi connectivity index (χ0v) is 41.1. The third-order valence-electron chi connectivity index (χ3n) is 14.8. The van der Waals surface area contributed by atoms with Crippen molar-refractivity contribution in [2.45, 2.75) is 78.6 Å². The van der Waals surface area contributed by atoms with Crippen LogP contribution in [0.4, 0.5) is 34.1 Å². The van der Waals surface area contributed by atoms with Gasteiger partial charge in [-0.05, 0) is 116 Å². The fraction of sp³-hybridized carbons (Fsp3) is 0.194. The topological polar surface area (TPSA) is 24.6 Å². The molecule has 4 nitrogen and oxygen atoms in total. The van der Waals surface area contributed by atoms with Crippen molar-refractivity contribution in [2.75, 3.05) is 9.80 Å². The van der Waals surface area contributed by atoms with Crippen LogP contribution < -0.4 is 26.2 Å². The van der Waals surface area contributed by atoms with Crippen LogP contribution in [0, 0.1) is 0 Å². The van der Waals surface area contributed by atoms with E-state index in [1.165, 1.54) is 75.7 Å². The molecule has 0 unspecified atom stereocenters. The highest BCUT2D eigenvalue weighted by atomic mass is 32.1. The van der Waals surface area contributed by atoms with E-state index in [2.05, 4.69) is 240 Å². The van der Waals surface area contributed by atoms with Crippen molar-refractivity contribution >= 4 is 122 Å². The largest absolute Gasteiger partial charge is 0.454 e. The molecule has 0 bridgehead atoms. The lowest BCUT2D eigenvalue weighted by Crippen LogP contribution is -2.60. The molecule has 13 rings (SSSR count). The van der Waals surface area contributed by atoms with Crippen LogP contribution in [0.1, 0.15) is 79.0 Å². The van der Waals surface area contributed by atoms with E-state index >= 15 is 0 Å². The molecule has 2 aliphatic heterocycles. The van der Waals surface area contributed by atoms with Crippen molar-refractivity contribution in [2.24, 2.45) is 0 Å². The molecule has 5 heterocycles. The number of furan rings is 1. The van der Waals surface area contributed by atoms with Gasteiger partial charge in [0, 0.05) is 60.4 Å². The molecule has 6 heteroatoms. The first-order valence-corrected chi connectivity index (χ1v) is 24.9. The number of nitrogens with zero attached hydrogens (tertiary/aromatic N) is 3. The van der Waals surface area contributed by atoms with Gasteiger partial charge in [-0.2, -0.15) is 0 Å². The average molecular weight is 900 g/mol. The second-order valence-corrected chi connectivity index (χ2v) is 23.3. The summed E-state index contributed by atoms with van der Waals surface area (Å²) in [5, 5.41) is 4.86. The monoisotopic (exact) mass is 899 g/mol. The SMILES string of the molecule is CC(C)(C)c1ccc(N(c2ccc(C(C)(C)C)cc2)c2ccc3c(c2)N(c2cccc4c2oc2ccccc24)c2cc(C(C)(C)C)cc4c2B3c2cccc3c5sc6ccccc6c5n-4c23)cc1. The van der Waals surface area contributed by atoms with Gasteiger partial charge in [-0.25, -0.2) is 0 Å². The van der Waals surface area contributed by atoms with Crippen molar-refractivity contribution in [3.63, 3.8) is 0 Å². The van der Waals surface area contributed by atoms with E-state index in [-0.39, 0.29) is 23.0 Å². The number of rotatable bonds is 4. The van der Waals surface area contributed by atoms with Crippen LogP contribution in [0.15, 0.2) is 168 Å². The highest BCUT2D eigenvalue weighted by Crippen LogP contribution is 2.50. The molecular formula is C62H54BN3OS. The summed E-state index contributed by atoms with van der Waals surface area (Å²) in [6.07, 6.45) is 0. The molecule has 0 radical (unpaired) electrons. The van der Waals surface area contributed by atoms with Crippen LogP contribution in [-0.4, -0.2) is 11.3 Å². The number of hydrogen-bond acceptors (Lipinski definition) is 4. The van der Waals surface area contributed by atoms with Crippen LogP contribution in [0.5, 0.6) is 0 Å². The third kappa shape index (κ3) is 5.99. The highest BCUT2D eigenvalue weighted by molar-refractivity contribution is 7.26. The van der Waals surface area contributed by atoms with Crippen molar-refractivity contribution in [3.05, 3.63) is 180 Å². The molecule has 0 saturated carbocycles. The van der Waals surface area contributed by atoms with E-state index in [1.54, 1.807) is 0 Å². The average Bonchev–Trinajstić information content (AvgIpc) is 4.00. The third-order valence-corrected chi connectivity index (χ3v) is 16.0. The molecule has 0 spiro atoms. The number of thiophene rings is 1. The fourth-order valence-corrected chi connectivity index (χ4v) is 12.5. The minimum Gasteiger partial charge on any atom is -0.454 e. The van der Waals surface area contributed by atoms with Crippen LogP contribution >= 0.6 is 11.3 Å². The van der Waals surface area contributed by atoms with E-state index in [9.17, 15) is 0 Å². The van der Waals surface area contributed by atoms with Crippen LogP contribution in [-0.2, 0) is 16.2 Å². The molecule has 68 heavy (non-hydrogen) atoms. The van der Waals surface area contributed by atoms with Gasteiger partial charge in [0.15, 0.2) is 5.58 Å². The molecule has 0 aliphatic carbocycles. The van der Waals surface area contributed by atoms with Gasteiger partial charge in [-0.15, -0.1) is 11.3 Å². The normalized spacial score (nSPS) is 13.6.